The van der Waals surface area contributed by atoms with Gasteiger partial charge in [0.25, 0.3) is 0 Å². The van der Waals surface area contributed by atoms with Gasteiger partial charge in [-0.2, -0.15) is 0 Å². The summed E-state index contributed by atoms with van der Waals surface area (Å²) in [5.41, 5.74) is 1.19. The van der Waals surface area contributed by atoms with Crippen molar-refractivity contribution in [1.82, 2.24) is 16.0 Å². The average Bonchev–Trinajstić information content (AvgIpc) is 3.31. The van der Waals surface area contributed by atoms with Gasteiger partial charge in [0.1, 0.15) is 0 Å². The lowest BCUT2D eigenvalue weighted by atomic mass is 10.1. The summed E-state index contributed by atoms with van der Waals surface area (Å²) in [6, 6.07) is 6.45. The fourth-order valence-corrected chi connectivity index (χ4v) is 2.72. The highest BCUT2D eigenvalue weighted by molar-refractivity contribution is 5.80. The Kier molecular flexibility index (Phi) is 6.57. The van der Waals surface area contributed by atoms with Gasteiger partial charge in [0.15, 0.2) is 17.5 Å². The van der Waals surface area contributed by atoms with Crippen LogP contribution in [0.5, 0.6) is 11.5 Å². The van der Waals surface area contributed by atoms with Crippen LogP contribution >= 0.6 is 0 Å². The molecule has 1 saturated carbocycles. The Bertz CT molecular complexity index is 644. The fraction of sp³-hybridized carbons (Fsp3) is 0.579. The first kappa shape index (κ1) is 18.4. The molecule has 1 aromatic carbocycles. The van der Waals surface area contributed by atoms with Crippen LogP contribution in [0.4, 0.5) is 0 Å². The first-order valence-corrected chi connectivity index (χ1v) is 9.44. The summed E-state index contributed by atoms with van der Waals surface area (Å²) in [6.45, 7) is 4.55. The van der Waals surface area contributed by atoms with Gasteiger partial charge in [0.2, 0.25) is 12.7 Å². The fourth-order valence-electron chi connectivity index (χ4n) is 2.72. The van der Waals surface area contributed by atoms with E-state index >= 15 is 0 Å². The summed E-state index contributed by atoms with van der Waals surface area (Å²) in [5.74, 6) is 2.55. The minimum absolute atomic E-state index is 0.142. The summed E-state index contributed by atoms with van der Waals surface area (Å²) in [5, 5.41) is 9.57. The molecule has 142 valence electrons. The average molecular weight is 360 g/mol. The molecule has 1 fully saturated rings. The summed E-state index contributed by atoms with van der Waals surface area (Å²) in [4.78, 5) is 16.2. The van der Waals surface area contributed by atoms with Crippen LogP contribution in [-0.2, 0) is 11.2 Å². The Balaban J connectivity index is 1.37. The minimum atomic E-state index is 0.142. The van der Waals surface area contributed by atoms with Crippen LogP contribution in [0.25, 0.3) is 0 Å². The van der Waals surface area contributed by atoms with Crippen molar-refractivity contribution in [3.63, 3.8) is 0 Å². The molecule has 0 bridgehead atoms. The van der Waals surface area contributed by atoms with E-state index in [1.807, 2.05) is 19.1 Å². The molecule has 2 aliphatic rings. The highest BCUT2D eigenvalue weighted by atomic mass is 16.7. The Morgan fingerprint density at radius 1 is 1.23 bits per heavy atom. The lowest BCUT2D eigenvalue weighted by molar-refractivity contribution is -0.121. The Hall–Kier alpha value is -2.44. The van der Waals surface area contributed by atoms with Crippen molar-refractivity contribution >= 4 is 11.9 Å². The molecule has 0 spiro atoms. The van der Waals surface area contributed by atoms with Gasteiger partial charge in [-0.1, -0.05) is 6.07 Å². The molecule has 1 heterocycles. The second kappa shape index (κ2) is 9.31. The topological polar surface area (TPSA) is 84.0 Å². The van der Waals surface area contributed by atoms with Crippen LogP contribution in [0.1, 0.15) is 38.2 Å². The molecule has 3 rings (SSSR count). The number of carbonyl (C=O) groups excluding carboxylic acids is 1. The van der Waals surface area contributed by atoms with Gasteiger partial charge >= 0.3 is 0 Å². The molecule has 1 aliphatic heterocycles. The zero-order valence-corrected chi connectivity index (χ0v) is 15.3. The molecule has 3 N–H and O–H groups in total. The summed E-state index contributed by atoms with van der Waals surface area (Å²) < 4.78 is 10.7. The van der Waals surface area contributed by atoms with E-state index in [-0.39, 0.29) is 5.91 Å². The monoisotopic (exact) mass is 360 g/mol. The SMILES string of the molecule is CCNC(=NCCCC(=O)NC1CC1)NCCc1ccc2c(c1)OCO2. The zero-order valence-electron chi connectivity index (χ0n) is 15.3. The number of guanidine groups is 1. The summed E-state index contributed by atoms with van der Waals surface area (Å²) in [6.07, 6.45) is 4.42. The largest absolute Gasteiger partial charge is 0.454 e. The smallest absolute Gasteiger partial charge is 0.231 e. The van der Waals surface area contributed by atoms with Crippen LogP contribution in [-0.4, -0.2) is 44.3 Å². The standard InChI is InChI=1S/C19H28N4O3/c1-2-20-19(21-10-3-4-18(24)23-15-6-7-15)22-11-9-14-5-8-16-17(12-14)26-13-25-16/h5,8,12,15H,2-4,6-7,9-11,13H2,1H3,(H,23,24)(H2,20,21,22). The molecule has 0 saturated heterocycles. The normalized spacial score (nSPS) is 15.7. The van der Waals surface area contributed by atoms with E-state index < -0.39 is 0 Å². The highest BCUT2D eigenvalue weighted by Gasteiger charge is 2.22. The number of benzene rings is 1. The van der Waals surface area contributed by atoms with E-state index in [1.54, 1.807) is 0 Å². The number of hydrogen-bond donors (Lipinski definition) is 3. The maximum Gasteiger partial charge on any atom is 0.231 e. The molecule has 7 nitrogen and oxygen atoms in total. The van der Waals surface area contributed by atoms with Gasteiger partial charge in [-0.15, -0.1) is 0 Å². The maximum absolute atomic E-state index is 11.7. The summed E-state index contributed by atoms with van der Waals surface area (Å²) >= 11 is 0. The zero-order chi connectivity index (χ0) is 18.2. The van der Waals surface area contributed by atoms with Crippen molar-refractivity contribution in [3.8, 4) is 11.5 Å². The molecule has 0 aromatic heterocycles. The number of ether oxygens (including phenoxy) is 2. The lowest BCUT2D eigenvalue weighted by Crippen LogP contribution is -2.38. The predicted molar refractivity (Wildman–Crippen MR) is 101 cm³/mol. The molecule has 0 radical (unpaired) electrons. The van der Waals surface area contributed by atoms with Crippen LogP contribution < -0.4 is 25.4 Å². The second-order valence-electron chi connectivity index (χ2n) is 6.57. The van der Waals surface area contributed by atoms with Crippen molar-refractivity contribution in [2.45, 2.75) is 45.1 Å². The number of rotatable bonds is 9. The van der Waals surface area contributed by atoms with Gasteiger partial charge in [-0.05, 0) is 50.3 Å². The maximum atomic E-state index is 11.7. The van der Waals surface area contributed by atoms with Gasteiger partial charge in [-0.25, -0.2) is 0 Å². The predicted octanol–water partition coefficient (Wildman–Crippen LogP) is 1.57. The number of fused-ring (bicyclic) bond motifs is 1. The number of hydrogen-bond acceptors (Lipinski definition) is 4. The molecular formula is C19H28N4O3. The number of aliphatic imine (C=N–C) groups is 1. The number of nitrogens with zero attached hydrogens (tertiary/aromatic N) is 1. The molecule has 0 unspecified atom stereocenters. The molecule has 7 heteroatoms. The number of nitrogens with one attached hydrogen (secondary N) is 3. The van der Waals surface area contributed by atoms with E-state index in [4.69, 9.17) is 9.47 Å². The van der Waals surface area contributed by atoms with Gasteiger partial charge in [-0.3, -0.25) is 9.79 Å². The van der Waals surface area contributed by atoms with Crippen molar-refractivity contribution in [3.05, 3.63) is 23.8 Å². The van der Waals surface area contributed by atoms with Crippen molar-refractivity contribution in [1.29, 1.82) is 0 Å². The third kappa shape index (κ3) is 5.82. The number of amides is 1. The molecule has 1 aromatic rings. The van der Waals surface area contributed by atoms with Crippen molar-refractivity contribution in [2.75, 3.05) is 26.4 Å². The van der Waals surface area contributed by atoms with Crippen LogP contribution in [0.3, 0.4) is 0 Å². The first-order chi connectivity index (χ1) is 12.7. The van der Waals surface area contributed by atoms with Gasteiger partial charge in [0.05, 0.1) is 0 Å². The lowest BCUT2D eigenvalue weighted by Gasteiger charge is -2.11. The Labute approximate surface area is 154 Å². The Morgan fingerprint density at radius 3 is 2.88 bits per heavy atom. The molecule has 0 atom stereocenters. The third-order valence-electron chi connectivity index (χ3n) is 4.26. The summed E-state index contributed by atoms with van der Waals surface area (Å²) in [7, 11) is 0. The molecule has 1 amide bonds. The van der Waals surface area contributed by atoms with E-state index in [0.717, 1.165) is 56.2 Å². The van der Waals surface area contributed by atoms with Crippen LogP contribution in [0, 0.1) is 0 Å². The van der Waals surface area contributed by atoms with E-state index in [1.165, 1.54) is 5.56 Å². The van der Waals surface area contributed by atoms with Gasteiger partial charge in [0, 0.05) is 32.1 Å². The van der Waals surface area contributed by atoms with Crippen LogP contribution in [0.2, 0.25) is 0 Å². The first-order valence-electron chi connectivity index (χ1n) is 9.44. The highest BCUT2D eigenvalue weighted by Crippen LogP contribution is 2.32. The molecule has 26 heavy (non-hydrogen) atoms. The van der Waals surface area contributed by atoms with Gasteiger partial charge < -0.3 is 25.4 Å². The second-order valence-corrected chi connectivity index (χ2v) is 6.57. The third-order valence-corrected chi connectivity index (χ3v) is 4.26. The van der Waals surface area contributed by atoms with Crippen molar-refractivity contribution in [2.24, 2.45) is 4.99 Å². The molecular weight excluding hydrogens is 332 g/mol. The number of carbonyl (C=O) groups is 1. The Morgan fingerprint density at radius 2 is 2.08 bits per heavy atom. The van der Waals surface area contributed by atoms with Crippen LogP contribution in [0.15, 0.2) is 23.2 Å². The van der Waals surface area contributed by atoms with E-state index in [0.29, 0.717) is 25.8 Å². The molecule has 1 aliphatic carbocycles. The quantitative estimate of drug-likeness (QED) is 0.354. The minimum Gasteiger partial charge on any atom is -0.454 e. The van der Waals surface area contributed by atoms with E-state index in [2.05, 4.69) is 27.0 Å². The van der Waals surface area contributed by atoms with E-state index in [9.17, 15) is 4.79 Å². The van der Waals surface area contributed by atoms with Crippen molar-refractivity contribution < 1.29 is 14.3 Å².